The van der Waals surface area contributed by atoms with Crippen LogP contribution in [0.4, 0.5) is 0 Å². The van der Waals surface area contributed by atoms with Gasteiger partial charge in [0.15, 0.2) is 0 Å². The van der Waals surface area contributed by atoms with E-state index in [0.29, 0.717) is 12.8 Å². The Hall–Kier alpha value is -0.130. The molecule has 0 aromatic rings. The topological polar surface area (TPSA) is 74.6 Å². The normalized spacial score (nSPS) is 14.5. The molecule has 0 saturated carbocycles. The van der Waals surface area contributed by atoms with Crippen molar-refractivity contribution in [3.8, 4) is 0 Å². The van der Waals surface area contributed by atoms with Crippen LogP contribution in [0.3, 0.4) is 0 Å². The summed E-state index contributed by atoms with van der Waals surface area (Å²) in [6, 6.07) is 0. The van der Waals surface area contributed by atoms with Gasteiger partial charge in [0.25, 0.3) is 10.1 Å². The van der Waals surface area contributed by atoms with Gasteiger partial charge in [0.1, 0.15) is 0 Å². The maximum absolute atomic E-state index is 11.6. The number of hydrogen-bond acceptors (Lipinski definition) is 3. The Balaban J connectivity index is 3.80. The highest BCUT2D eigenvalue weighted by atomic mass is 32.2. The molecule has 2 N–H and O–H groups in total. The average molecular weight is 393 g/mol. The molecule has 26 heavy (non-hydrogen) atoms. The largest absolute Gasteiger partial charge is 0.393 e. The smallest absolute Gasteiger partial charge is 0.267 e. The predicted octanol–water partition coefficient (Wildman–Crippen LogP) is 6.28. The second-order valence-electron chi connectivity index (χ2n) is 7.83. The Morgan fingerprint density at radius 1 is 0.615 bits per heavy atom. The monoisotopic (exact) mass is 392 g/mol. The molecule has 0 heterocycles. The fourth-order valence-electron chi connectivity index (χ4n) is 3.47. The minimum Gasteiger partial charge on any atom is -0.393 e. The fraction of sp³-hybridized carbons (Fsp3) is 1.00. The van der Waals surface area contributed by atoms with E-state index < -0.39 is 15.4 Å². The Labute approximate surface area is 162 Å². The summed E-state index contributed by atoms with van der Waals surface area (Å²) >= 11 is 0. The molecule has 0 radical (unpaired) electrons. The molecule has 0 aromatic heterocycles. The van der Waals surface area contributed by atoms with E-state index in [1.807, 2.05) is 0 Å². The first-order chi connectivity index (χ1) is 12.4. The molecule has 4 nitrogen and oxygen atoms in total. The van der Waals surface area contributed by atoms with Crippen molar-refractivity contribution >= 4 is 10.1 Å². The third-order valence-corrected chi connectivity index (χ3v) is 6.57. The number of aliphatic hydroxyl groups is 1. The van der Waals surface area contributed by atoms with Crippen LogP contribution in [0.15, 0.2) is 0 Å². The fourth-order valence-corrected chi connectivity index (χ4v) is 4.40. The summed E-state index contributed by atoms with van der Waals surface area (Å²) in [5, 5.41) is 9.35. The van der Waals surface area contributed by atoms with Gasteiger partial charge in [-0.05, 0) is 25.7 Å². The number of hydrogen-bond donors (Lipinski definition) is 2. The van der Waals surface area contributed by atoms with Gasteiger partial charge >= 0.3 is 0 Å². The highest BCUT2D eigenvalue weighted by Crippen LogP contribution is 2.19. The van der Waals surface area contributed by atoms with Gasteiger partial charge in [0, 0.05) is 0 Å². The van der Waals surface area contributed by atoms with Crippen LogP contribution in [-0.4, -0.2) is 29.4 Å². The first kappa shape index (κ1) is 25.9. The van der Waals surface area contributed by atoms with E-state index in [9.17, 15) is 18.1 Å². The van der Waals surface area contributed by atoms with Crippen molar-refractivity contribution in [2.24, 2.45) is 0 Å². The van der Waals surface area contributed by atoms with Gasteiger partial charge < -0.3 is 5.11 Å². The molecule has 0 spiro atoms. The first-order valence-electron chi connectivity index (χ1n) is 11.1. The Kier molecular flexibility index (Phi) is 16.9. The van der Waals surface area contributed by atoms with E-state index >= 15 is 0 Å². The molecule has 0 amide bonds. The summed E-state index contributed by atoms with van der Waals surface area (Å²) in [4.78, 5) is 0. The average Bonchev–Trinajstić information content (AvgIpc) is 2.58. The standard InChI is InChI=1S/C21H44O4S/c1-3-5-7-9-10-14-18-21(26(23,24)25)19-15-11-13-17-20(22)16-12-8-6-4-2/h20-22H,3-19H2,1-2H3,(H,23,24,25). The van der Waals surface area contributed by atoms with E-state index in [4.69, 9.17) is 0 Å². The van der Waals surface area contributed by atoms with Gasteiger partial charge in [-0.3, -0.25) is 4.55 Å². The number of unbranched alkanes of at least 4 members (excludes halogenated alkanes) is 10. The molecule has 0 aliphatic rings. The molecular formula is C21H44O4S. The van der Waals surface area contributed by atoms with Crippen molar-refractivity contribution in [3.63, 3.8) is 0 Å². The summed E-state index contributed by atoms with van der Waals surface area (Å²) in [7, 11) is -3.93. The van der Waals surface area contributed by atoms with Gasteiger partial charge in [0.2, 0.25) is 0 Å². The van der Waals surface area contributed by atoms with E-state index in [2.05, 4.69) is 13.8 Å². The highest BCUT2D eigenvalue weighted by molar-refractivity contribution is 7.86. The van der Waals surface area contributed by atoms with E-state index in [-0.39, 0.29) is 6.10 Å². The van der Waals surface area contributed by atoms with Gasteiger partial charge in [-0.25, -0.2) is 0 Å². The van der Waals surface area contributed by atoms with Crippen LogP contribution in [0.1, 0.15) is 123 Å². The second-order valence-corrected chi connectivity index (χ2v) is 9.53. The maximum atomic E-state index is 11.6. The van der Waals surface area contributed by atoms with Crippen molar-refractivity contribution in [1.82, 2.24) is 0 Å². The van der Waals surface area contributed by atoms with E-state index in [1.165, 1.54) is 38.5 Å². The Morgan fingerprint density at radius 3 is 1.42 bits per heavy atom. The van der Waals surface area contributed by atoms with Gasteiger partial charge in [-0.15, -0.1) is 0 Å². The molecule has 0 saturated heterocycles. The minimum atomic E-state index is -3.93. The van der Waals surface area contributed by atoms with Crippen molar-refractivity contribution in [2.45, 2.75) is 134 Å². The molecule has 5 heteroatoms. The minimum absolute atomic E-state index is 0.215. The third-order valence-electron chi connectivity index (χ3n) is 5.26. The third kappa shape index (κ3) is 16.1. The summed E-state index contributed by atoms with van der Waals surface area (Å²) in [5.41, 5.74) is 0. The van der Waals surface area contributed by atoms with Gasteiger partial charge in [-0.2, -0.15) is 8.42 Å². The van der Waals surface area contributed by atoms with Gasteiger partial charge in [0.05, 0.1) is 11.4 Å². The molecule has 0 fully saturated rings. The Bertz CT molecular complexity index is 395. The zero-order valence-corrected chi connectivity index (χ0v) is 18.1. The van der Waals surface area contributed by atoms with Crippen LogP contribution in [0.25, 0.3) is 0 Å². The lowest BCUT2D eigenvalue weighted by Crippen LogP contribution is -2.20. The van der Waals surface area contributed by atoms with Crippen LogP contribution < -0.4 is 0 Å². The second kappa shape index (κ2) is 17.0. The van der Waals surface area contributed by atoms with Crippen molar-refractivity contribution in [2.75, 3.05) is 0 Å². The molecule has 0 bridgehead atoms. The molecule has 0 aliphatic heterocycles. The van der Waals surface area contributed by atoms with Crippen molar-refractivity contribution in [3.05, 3.63) is 0 Å². The summed E-state index contributed by atoms with van der Waals surface area (Å²) in [6.07, 6.45) is 16.8. The van der Waals surface area contributed by atoms with Gasteiger partial charge in [-0.1, -0.05) is 97.3 Å². The van der Waals surface area contributed by atoms with Crippen LogP contribution >= 0.6 is 0 Å². The lowest BCUT2D eigenvalue weighted by molar-refractivity contribution is 0.147. The zero-order valence-electron chi connectivity index (χ0n) is 17.3. The van der Waals surface area contributed by atoms with E-state index in [0.717, 1.165) is 57.8 Å². The molecule has 0 aliphatic carbocycles. The van der Waals surface area contributed by atoms with Crippen LogP contribution in [-0.2, 0) is 10.1 Å². The Morgan fingerprint density at radius 2 is 0.962 bits per heavy atom. The lowest BCUT2D eigenvalue weighted by Gasteiger charge is -2.14. The molecule has 2 unspecified atom stereocenters. The molecule has 0 rings (SSSR count). The lowest BCUT2D eigenvalue weighted by atomic mass is 10.0. The quantitative estimate of drug-likeness (QED) is 0.200. The molecule has 0 aromatic carbocycles. The SMILES string of the molecule is CCCCCCCCC(CCCCCC(O)CCCCCC)S(=O)(=O)O. The van der Waals surface area contributed by atoms with Crippen LogP contribution in [0, 0.1) is 0 Å². The molecule has 2 atom stereocenters. The zero-order chi connectivity index (χ0) is 19.7. The molecule has 158 valence electrons. The highest BCUT2D eigenvalue weighted by Gasteiger charge is 2.21. The molecular weight excluding hydrogens is 348 g/mol. The summed E-state index contributed by atoms with van der Waals surface area (Å²) < 4.78 is 32.5. The van der Waals surface area contributed by atoms with Crippen molar-refractivity contribution in [1.29, 1.82) is 0 Å². The predicted molar refractivity (Wildman–Crippen MR) is 111 cm³/mol. The maximum Gasteiger partial charge on any atom is 0.267 e. The van der Waals surface area contributed by atoms with Crippen molar-refractivity contribution < 1.29 is 18.1 Å². The number of rotatable bonds is 19. The summed E-state index contributed by atoms with van der Waals surface area (Å²) in [5.74, 6) is 0. The van der Waals surface area contributed by atoms with Crippen LogP contribution in [0.5, 0.6) is 0 Å². The van der Waals surface area contributed by atoms with E-state index in [1.54, 1.807) is 0 Å². The summed E-state index contributed by atoms with van der Waals surface area (Å²) in [6.45, 7) is 4.36. The van der Waals surface area contributed by atoms with Crippen LogP contribution in [0.2, 0.25) is 0 Å². The number of aliphatic hydroxyl groups excluding tert-OH is 1. The first-order valence-corrected chi connectivity index (χ1v) is 12.6.